The first kappa shape index (κ1) is 18.8. The molecule has 2 aliphatic rings. The molecule has 30 heavy (non-hydrogen) atoms. The van der Waals surface area contributed by atoms with Crippen molar-refractivity contribution in [2.45, 2.75) is 31.5 Å². The van der Waals surface area contributed by atoms with Gasteiger partial charge in [0.15, 0.2) is 5.58 Å². The molecule has 2 aromatic carbocycles. The lowest BCUT2D eigenvalue weighted by atomic mass is 10.1. The third-order valence-corrected chi connectivity index (χ3v) is 5.92. The van der Waals surface area contributed by atoms with E-state index in [1.165, 1.54) is 0 Å². The molecule has 2 amide bonds. The lowest BCUT2D eigenvalue weighted by molar-refractivity contribution is -0.135. The van der Waals surface area contributed by atoms with E-state index in [0.29, 0.717) is 43.9 Å². The zero-order chi connectivity index (χ0) is 20.5. The minimum Gasteiger partial charge on any atom is -0.374 e. The first-order valence-corrected chi connectivity index (χ1v) is 10.2. The summed E-state index contributed by atoms with van der Waals surface area (Å²) >= 11 is 0. The Bertz CT molecular complexity index is 1060. The summed E-state index contributed by atoms with van der Waals surface area (Å²) in [7, 11) is 0. The number of carbonyl (C=O) groups is 2. The van der Waals surface area contributed by atoms with Crippen LogP contribution in [-0.4, -0.2) is 58.6 Å². The van der Waals surface area contributed by atoms with Gasteiger partial charge in [-0.05, 0) is 17.7 Å². The number of carbonyl (C=O) groups excluding carboxylic acids is 2. The predicted molar refractivity (Wildman–Crippen MR) is 109 cm³/mol. The first-order chi connectivity index (χ1) is 14.7. The number of fused-ring (bicyclic) bond motifs is 2. The van der Waals surface area contributed by atoms with Crippen LogP contribution in [0.3, 0.4) is 0 Å². The Labute approximate surface area is 174 Å². The first-order valence-electron chi connectivity index (χ1n) is 10.2. The van der Waals surface area contributed by atoms with Gasteiger partial charge in [0.05, 0.1) is 31.6 Å². The average Bonchev–Trinajstić information content (AvgIpc) is 3.34. The lowest BCUT2D eigenvalue weighted by Crippen LogP contribution is -2.45. The molecule has 0 aliphatic carbocycles. The normalized spacial score (nSPS) is 21.7. The van der Waals surface area contributed by atoms with Crippen molar-refractivity contribution in [3.8, 4) is 0 Å². The molecule has 0 radical (unpaired) electrons. The van der Waals surface area contributed by atoms with Crippen LogP contribution in [-0.2, 0) is 27.3 Å². The second-order valence-electron chi connectivity index (χ2n) is 7.83. The third kappa shape index (κ3) is 3.57. The molecule has 0 unspecified atom stereocenters. The Hall–Kier alpha value is -3.19. The van der Waals surface area contributed by atoms with Crippen molar-refractivity contribution in [2.75, 3.05) is 19.7 Å². The van der Waals surface area contributed by atoms with E-state index >= 15 is 0 Å². The molecule has 3 aromatic rings. The molecule has 1 aromatic heterocycles. The standard InChI is InChI=1S/C23H23N3O4/c27-22-10-11-29-21-15-25(14-19(21)26(22)13-16-6-2-1-3-7-16)23(28)12-18-17-8-4-5-9-20(17)30-24-18/h1-9,19,21H,10-15H2/t19-,21-/m0/s1. The van der Waals surface area contributed by atoms with Crippen molar-refractivity contribution in [1.82, 2.24) is 15.0 Å². The van der Waals surface area contributed by atoms with Crippen LogP contribution in [0.25, 0.3) is 11.0 Å². The fourth-order valence-electron chi connectivity index (χ4n) is 4.36. The molecule has 3 heterocycles. The number of hydrogen-bond acceptors (Lipinski definition) is 5. The molecule has 2 saturated heterocycles. The largest absolute Gasteiger partial charge is 0.374 e. The van der Waals surface area contributed by atoms with Gasteiger partial charge in [-0.15, -0.1) is 0 Å². The van der Waals surface area contributed by atoms with Crippen molar-refractivity contribution in [2.24, 2.45) is 0 Å². The molecule has 2 aliphatic heterocycles. The van der Waals surface area contributed by atoms with Gasteiger partial charge in [-0.25, -0.2) is 0 Å². The van der Waals surface area contributed by atoms with E-state index in [-0.39, 0.29) is 30.4 Å². The second-order valence-corrected chi connectivity index (χ2v) is 7.83. The molecule has 5 rings (SSSR count). The Kier molecular flexibility index (Phi) is 4.96. The van der Waals surface area contributed by atoms with E-state index in [2.05, 4.69) is 5.16 Å². The Morgan fingerprint density at radius 3 is 2.73 bits per heavy atom. The Morgan fingerprint density at radius 1 is 1.07 bits per heavy atom. The van der Waals surface area contributed by atoms with Gasteiger partial charge in [0, 0.05) is 25.0 Å². The number of benzene rings is 2. The molecule has 0 bridgehead atoms. The number of aromatic nitrogens is 1. The van der Waals surface area contributed by atoms with E-state index < -0.39 is 0 Å². The van der Waals surface area contributed by atoms with Crippen LogP contribution in [0.15, 0.2) is 59.1 Å². The number of para-hydroxylation sites is 1. The smallest absolute Gasteiger partial charge is 0.228 e. The highest BCUT2D eigenvalue weighted by atomic mass is 16.5. The predicted octanol–water partition coefficient (Wildman–Crippen LogP) is 2.40. The summed E-state index contributed by atoms with van der Waals surface area (Å²) in [6.45, 7) is 1.87. The zero-order valence-electron chi connectivity index (χ0n) is 16.6. The molecule has 0 saturated carbocycles. The summed E-state index contributed by atoms with van der Waals surface area (Å²) < 4.78 is 11.3. The molecular formula is C23H23N3O4. The van der Waals surface area contributed by atoms with Crippen molar-refractivity contribution < 1.29 is 18.8 Å². The van der Waals surface area contributed by atoms with E-state index in [9.17, 15) is 9.59 Å². The van der Waals surface area contributed by atoms with E-state index in [1.54, 1.807) is 4.90 Å². The zero-order valence-corrected chi connectivity index (χ0v) is 16.6. The maximum atomic E-state index is 13.0. The Balaban J connectivity index is 1.33. The molecule has 2 atom stereocenters. The summed E-state index contributed by atoms with van der Waals surface area (Å²) in [4.78, 5) is 29.4. The molecular weight excluding hydrogens is 382 g/mol. The van der Waals surface area contributed by atoms with Crippen molar-refractivity contribution >= 4 is 22.8 Å². The number of nitrogens with zero attached hydrogens (tertiary/aromatic N) is 3. The number of likely N-dealkylation sites (tertiary alicyclic amines) is 1. The van der Waals surface area contributed by atoms with Gasteiger partial charge in [0.2, 0.25) is 11.8 Å². The van der Waals surface area contributed by atoms with Gasteiger partial charge in [-0.3, -0.25) is 9.59 Å². The molecule has 7 heteroatoms. The van der Waals surface area contributed by atoms with Crippen LogP contribution in [0.4, 0.5) is 0 Å². The van der Waals surface area contributed by atoms with E-state index in [4.69, 9.17) is 9.26 Å². The van der Waals surface area contributed by atoms with Crippen molar-refractivity contribution in [1.29, 1.82) is 0 Å². The van der Waals surface area contributed by atoms with Crippen LogP contribution in [0.1, 0.15) is 17.7 Å². The number of hydrogen-bond donors (Lipinski definition) is 0. The van der Waals surface area contributed by atoms with Crippen LogP contribution in [0.2, 0.25) is 0 Å². The fourth-order valence-corrected chi connectivity index (χ4v) is 4.36. The minimum atomic E-state index is -0.168. The Morgan fingerprint density at radius 2 is 1.87 bits per heavy atom. The minimum absolute atomic E-state index is 0.0298. The monoisotopic (exact) mass is 405 g/mol. The quantitative estimate of drug-likeness (QED) is 0.666. The summed E-state index contributed by atoms with van der Waals surface area (Å²) in [6.07, 6.45) is 0.375. The summed E-state index contributed by atoms with van der Waals surface area (Å²) in [5, 5.41) is 4.93. The number of ether oxygens (including phenoxy) is 1. The van der Waals surface area contributed by atoms with Crippen LogP contribution in [0, 0.1) is 0 Å². The lowest BCUT2D eigenvalue weighted by Gasteiger charge is -2.29. The van der Waals surface area contributed by atoms with Crippen LogP contribution >= 0.6 is 0 Å². The topological polar surface area (TPSA) is 75.9 Å². The summed E-state index contributed by atoms with van der Waals surface area (Å²) in [5.41, 5.74) is 2.39. The number of rotatable bonds is 4. The number of amides is 2. The fraction of sp³-hybridized carbons (Fsp3) is 0.348. The molecule has 2 fully saturated rings. The van der Waals surface area contributed by atoms with E-state index in [0.717, 1.165) is 10.9 Å². The van der Waals surface area contributed by atoms with E-state index in [1.807, 2.05) is 59.5 Å². The molecule has 0 N–H and O–H groups in total. The van der Waals surface area contributed by atoms with Gasteiger partial charge in [-0.1, -0.05) is 47.6 Å². The van der Waals surface area contributed by atoms with Crippen molar-refractivity contribution in [3.63, 3.8) is 0 Å². The maximum absolute atomic E-state index is 13.0. The van der Waals surface area contributed by atoms with Gasteiger partial charge < -0.3 is 19.1 Å². The SMILES string of the molecule is O=C(Cc1noc2ccccc12)N1C[C@@H]2OCCC(=O)N(Cc3ccccc3)[C@H]2C1. The summed E-state index contributed by atoms with van der Waals surface area (Å²) in [5.74, 6) is 0.0426. The van der Waals surface area contributed by atoms with Gasteiger partial charge >= 0.3 is 0 Å². The van der Waals surface area contributed by atoms with Gasteiger partial charge in [0.25, 0.3) is 0 Å². The highest BCUT2D eigenvalue weighted by Crippen LogP contribution is 2.26. The van der Waals surface area contributed by atoms with Gasteiger partial charge in [0.1, 0.15) is 5.69 Å². The van der Waals surface area contributed by atoms with Crippen LogP contribution < -0.4 is 0 Å². The average molecular weight is 405 g/mol. The highest BCUT2D eigenvalue weighted by Gasteiger charge is 2.42. The van der Waals surface area contributed by atoms with Crippen LogP contribution in [0.5, 0.6) is 0 Å². The third-order valence-electron chi connectivity index (χ3n) is 5.92. The molecule has 0 spiro atoms. The summed E-state index contributed by atoms with van der Waals surface area (Å²) in [6, 6.07) is 17.3. The molecule has 154 valence electrons. The van der Waals surface area contributed by atoms with Gasteiger partial charge in [-0.2, -0.15) is 0 Å². The second kappa shape index (κ2) is 7.91. The highest BCUT2D eigenvalue weighted by molar-refractivity contribution is 5.86. The maximum Gasteiger partial charge on any atom is 0.228 e. The van der Waals surface area contributed by atoms with Crippen molar-refractivity contribution in [3.05, 3.63) is 65.9 Å². The molecule has 7 nitrogen and oxygen atoms in total.